The number of carbonyl (C=O) groups is 4. The minimum Gasteiger partial charge on any atom is -0.477 e. The fraction of sp³-hybridized carbons (Fsp3) is 0.452. The lowest BCUT2D eigenvalue weighted by atomic mass is 9.81. The molecule has 3 aliphatic rings. The smallest absolute Gasteiger partial charge is 0.407 e. The summed E-state index contributed by atoms with van der Waals surface area (Å²) in [5.41, 5.74) is 14.5. The Morgan fingerprint density at radius 1 is 0.881 bits per heavy atom. The number of nitrogens with one attached hydrogen (secondary N) is 5. The maximum atomic E-state index is 14.3. The van der Waals surface area contributed by atoms with E-state index in [1.54, 1.807) is 6.07 Å². The molecule has 0 aromatic heterocycles. The van der Waals surface area contributed by atoms with Crippen molar-refractivity contribution in [1.82, 2.24) is 21.5 Å². The number of rotatable bonds is 14. The van der Waals surface area contributed by atoms with Crippen molar-refractivity contribution in [1.29, 1.82) is 0 Å². The molecule has 1 aliphatic heterocycles. The van der Waals surface area contributed by atoms with E-state index in [-0.39, 0.29) is 53.4 Å². The number of carbonyl (C=O) groups excluding carboxylic acids is 3. The first-order valence-corrected chi connectivity index (χ1v) is 19.7. The Kier molecular flexibility index (Phi) is 13.4. The zero-order chi connectivity index (χ0) is 42.5. The van der Waals surface area contributed by atoms with Crippen LogP contribution < -0.4 is 32.5 Å². The van der Waals surface area contributed by atoms with Gasteiger partial charge in [-0.25, -0.2) is 15.2 Å². The Bertz CT molecular complexity index is 2030. The lowest BCUT2D eigenvalue weighted by Crippen LogP contribution is -2.58. The Morgan fingerprint density at radius 2 is 1.53 bits per heavy atom. The van der Waals surface area contributed by atoms with Gasteiger partial charge < -0.3 is 37.3 Å². The highest BCUT2D eigenvalue weighted by atomic mass is 19.3. The fourth-order valence-electron chi connectivity index (χ4n) is 7.74. The van der Waals surface area contributed by atoms with Gasteiger partial charge in [0.2, 0.25) is 11.8 Å². The van der Waals surface area contributed by atoms with E-state index in [0.29, 0.717) is 43.7 Å². The van der Waals surface area contributed by atoms with Crippen LogP contribution in [-0.2, 0) is 20.8 Å². The number of amidine groups is 1. The second kappa shape index (κ2) is 18.3. The normalized spacial score (nSPS) is 22.7. The summed E-state index contributed by atoms with van der Waals surface area (Å²) in [5.74, 6) is -14.5. The molecule has 0 bridgehead atoms. The summed E-state index contributed by atoms with van der Waals surface area (Å²) in [6, 6.07) is 17.8. The molecule has 2 atom stereocenters. The highest BCUT2D eigenvalue weighted by Crippen LogP contribution is 2.38. The molecule has 13 nitrogen and oxygen atoms in total. The molecule has 3 aromatic rings. The van der Waals surface area contributed by atoms with Crippen LogP contribution in [0.15, 0.2) is 71.7 Å². The van der Waals surface area contributed by atoms with E-state index in [1.807, 2.05) is 48.7 Å². The minimum absolute atomic E-state index is 0.0313. The van der Waals surface area contributed by atoms with E-state index < -0.39 is 35.9 Å². The second-order valence-electron chi connectivity index (χ2n) is 15.6. The summed E-state index contributed by atoms with van der Waals surface area (Å²) in [5, 5.41) is 27.2. The number of halogens is 4. The highest BCUT2D eigenvalue weighted by Gasteiger charge is 2.67. The molecule has 316 valence electrons. The van der Waals surface area contributed by atoms with Crippen molar-refractivity contribution in [2.75, 3.05) is 11.9 Å². The Hall–Kier alpha value is -5.39. The second-order valence-corrected chi connectivity index (χ2v) is 15.6. The molecule has 17 heteroatoms. The molecule has 0 radical (unpaired) electrons. The predicted octanol–water partition coefficient (Wildman–Crippen LogP) is 4.66. The molecular weight excluding hydrogens is 774 g/mol. The van der Waals surface area contributed by atoms with Crippen LogP contribution in [0.5, 0.6) is 0 Å². The number of hydrogen-bond donors (Lipinski definition) is 8. The monoisotopic (exact) mass is 823 g/mol. The topological polar surface area (TPSA) is 207 Å². The molecule has 0 spiro atoms. The van der Waals surface area contributed by atoms with Gasteiger partial charge in [0.05, 0.1) is 6.10 Å². The van der Waals surface area contributed by atoms with Crippen LogP contribution >= 0.6 is 0 Å². The zero-order valence-corrected chi connectivity index (χ0v) is 32.4. The summed E-state index contributed by atoms with van der Waals surface area (Å²) < 4.78 is 56.1. The zero-order valence-electron chi connectivity index (χ0n) is 32.4. The third-order valence-electron chi connectivity index (χ3n) is 11.5. The van der Waals surface area contributed by atoms with E-state index in [4.69, 9.17) is 10.8 Å². The number of benzene rings is 3. The van der Waals surface area contributed by atoms with Crippen molar-refractivity contribution in [3.8, 4) is 11.1 Å². The van der Waals surface area contributed by atoms with Gasteiger partial charge in [-0.2, -0.15) is 17.6 Å². The van der Waals surface area contributed by atoms with Gasteiger partial charge in [-0.1, -0.05) is 30.3 Å². The largest absolute Gasteiger partial charge is 0.477 e. The maximum absolute atomic E-state index is 14.3. The van der Waals surface area contributed by atoms with Crippen LogP contribution in [-0.4, -0.2) is 82.5 Å². The van der Waals surface area contributed by atoms with Crippen LogP contribution in [0.3, 0.4) is 0 Å². The first-order valence-electron chi connectivity index (χ1n) is 19.7. The number of carboxylic acid groups (broad SMARTS) is 1. The number of aliphatic imine (C=N–C) groups is 1. The molecule has 3 aromatic carbocycles. The average Bonchev–Trinajstić information content (AvgIpc) is 3.73. The lowest BCUT2D eigenvalue weighted by Gasteiger charge is -2.28. The van der Waals surface area contributed by atoms with Gasteiger partial charge in [-0.3, -0.25) is 14.4 Å². The van der Waals surface area contributed by atoms with Gasteiger partial charge in [0.15, 0.2) is 6.17 Å². The third-order valence-corrected chi connectivity index (χ3v) is 11.5. The minimum atomic E-state index is -5.38. The van der Waals surface area contributed by atoms with Crippen LogP contribution in [0.2, 0.25) is 0 Å². The quantitative estimate of drug-likeness (QED) is 0.106. The first-order chi connectivity index (χ1) is 28.0. The maximum Gasteiger partial charge on any atom is 0.407 e. The summed E-state index contributed by atoms with van der Waals surface area (Å²) in [6.45, 7) is 2.47. The van der Waals surface area contributed by atoms with Gasteiger partial charge in [0.1, 0.15) is 11.9 Å². The number of aliphatic carboxylic acids is 1. The standard InChI is InChI=1S/C42H49F4N7O6/c1-23-20-29(37(56)48-31-15-17-32(54)18-16-31)12-19-33(23)26-6-2-24(3-7-26)21-34(50-36(55)28-8-4-25(22-47)5-9-28)38(57)49-30-13-10-27(11-14-30)35-51-39(53-52-35)41(43,44)42(45,46)40(58)59/h2-3,6-7,10-14,19-20,25,28,31-32,34,39,53-54H,4-5,8-9,15-18,21-22,47H2,1H3,(H,48,56)(H,49,57)(H,50,55)(H,51,52)(H,58,59). The fourth-order valence-corrected chi connectivity index (χ4v) is 7.74. The molecule has 1 heterocycles. The van der Waals surface area contributed by atoms with E-state index in [0.717, 1.165) is 47.9 Å². The molecule has 6 rings (SSSR count). The molecule has 2 aliphatic carbocycles. The molecule has 2 saturated carbocycles. The van der Waals surface area contributed by atoms with E-state index >= 15 is 0 Å². The predicted molar refractivity (Wildman–Crippen MR) is 212 cm³/mol. The van der Waals surface area contributed by atoms with E-state index in [2.05, 4.69) is 26.4 Å². The van der Waals surface area contributed by atoms with Crippen LogP contribution in [0, 0.1) is 18.8 Å². The number of carboxylic acids is 1. The van der Waals surface area contributed by atoms with Crippen molar-refractivity contribution in [3.05, 3.63) is 89.0 Å². The number of hydrazine groups is 1. The number of amides is 3. The third kappa shape index (κ3) is 10.1. The number of aliphatic hydroxyl groups is 1. The van der Waals surface area contributed by atoms with Gasteiger partial charge in [-0.05, 0) is 129 Å². The molecule has 59 heavy (non-hydrogen) atoms. The molecular formula is C42H49F4N7O6. The van der Waals surface area contributed by atoms with Crippen molar-refractivity contribution >= 4 is 35.2 Å². The highest BCUT2D eigenvalue weighted by molar-refractivity contribution is 6.01. The number of hydrogen-bond acceptors (Lipinski definition) is 9. The number of anilines is 1. The lowest BCUT2D eigenvalue weighted by molar-refractivity contribution is -0.232. The van der Waals surface area contributed by atoms with Crippen LogP contribution in [0.25, 0.3) is 11.1 Å². The molecule has 3 amide bonds. The summed E-state index contributed by atoms with van der Waals surface area (Å²) in [6.07, 6.45) is 2.99. The molecule has 0 saturated heterocycles. The van der Waals surface area contributed by atoms with Gasteiger partial charge in [0, 0.05) is 35.2 Å². The summed E-state index contributed by atoms with van der Waals surface area (Å²) in [4.78, 5) is 54.6. The Balaban J connectivity index is 1.13. The van der Waals surface area contributed by atoms with Gasteiger partial charge in [0.25, 0.3) is 5.91 Å². The van der Waals surface area contributed by atoms with Crippen LogP contribution in [0.1, 0.15) is 78.4 Å². The number of nitrogens with two attached hydrogens (primary N) is 1. The Labute approximate surface area is 338 Å². The first kappa shape index (κ1) is 43.2. The molecule has 9 N–H and O–H groups in total. The SMILES string of the molecule is Cc1cc(C(=O)NC2CCC(O)CC2)ccc1-c1ccc(CC(NC(=O)C2CCC(CN)CC2)C(=O)Nc2ccc(C3=NC(C(F)(F)C(F)(F)C(=O)O)NN3)cc2)cc1. The molecule has 2 unspecified atom stereocenters. The summed E-state index contributed by atoms with van der Waals surface area (Å²) >= 11 is 0. The van der Waals surface area contributed by atoms with E-state index in [1.165, 1.54) is 24.3 Å². The number of alkyl halides is 4. The number of aliphatic hydroxyl groups excluding tert-OH is 1. The van der Waals surface area contributed by atoms with Gasteiger partial charge >= 0.3 is 17.8 Å². The Morgan fingerprint density at radius 3 is 2.14 bits per heavy atom. The average molecular weight is 824 g/mol. The van der Waals surface area contributed by atoms with Gasteiger partial charge in [-0.15, -0.1) is 0 Å². The van der Waals surface area contributed by atoms with Crippen molar-refractivity contribution in [2.45, 2.75) is 101 Å². The van der Waals surface area contributed by atoms with E-state index in [9.17, 15) is 41.8 Å². The van der Waals surface area contributed by atoms with Crippen LogP contribution in [0.4, 0.5) is 23.2 Å². The summed E-state index contributed by atoms with van der Waals surface area (Å²) in [7, 11) is 0. The number of nitrogens with zero attached hydrogens (tertiary/aromatic N) is 1. The van der Waals surface area contributed by atoms with Crippen molar-refractivity contribution < 1.29 is 47.0 Å². The van der Waals surface area contributed by atoms with Crippen molar-refractivity contribution in [3.63, 3.8) is 0 Å². The number of aryl methyl sites for hydroxylation is 1. The van der Waals surface area contributed by atoms with Crippen molar-refractivity contribution in [2.24, 2.45) is 22.6 Å². The molecule has 2 fully saturated rings.